The maximum atomic E-state index is 12.6. The Labute approximate surface area is 118 Å². The highest BCUT2D eigenvalue weighted by atomic mass is 79.9. The van der Waals surface area contributed by atoms with Gasteiger partial charge in [0.25, 0.3) is 0 Å². The normalized spacial score (nSPS) is 20.7. The third-order valence-corrected chi connectivity index (χ3v) is 4.03. The topological polar surface area (TPSA) is 23.5 Å². The summed E-state index contributed by atoms with van der Waals surface area (Å²) in [7, 11) is 0. The van der Waals surface area contributed by atoms with Crippen molar-refractivity contribution in [3.63, 3.8) is 0 Å². The maximum absolute atomic E-state index is 12.6. The van der Waals surface area contributed by atoms with E-state index in [1.807, 2.05) is 4.90 Å². The van der Waals surface area contributed by atoms with Crippen molar-refractivity contribution >= 4 is 21.6 Å². The Balaban J connectivity index is 2.21. The Hall–Kier alpha value is -0.750. The first kappa shape index (κ1) is 14.7. The summed E-state index contributed by atoms with van der Waals surface area (Å²) in [6.45, 7) is 1.61. The SMILES string of the molecule is OCC1CCCN(c2ccc(C(F)(F)F)cc2Br)C1. The number of piperidine rings is 1. The molecule has 2 rings (SSSR count). The summed E-state index contributed by atoms with van der Waals surface area (Å²) in [5, 5.41) is 9.19. The van der Waals surface area contributed by atoms with Gasteiger partial charge in [0.2, 0.25) is 0 Å². The lowest BCUT2D eigenvalue weighted by atomic mass is 9.98. The minimum atomic E-state index is -4.32. The summed E-state index contributed by atoms with van der Waals surface area (Å²) in [4.78, 5) is 2.02. The molecule has 2 nitrogen and oxygen atoms in total. The van der Waals surface area contributed by atoms with E-state index in [1.54, 1.807) is 0 Å². The number of halogens is 4. The molecule has 19 heavy (non-hydrogen) atoms. The van der Waals surface area contributed by atoms with Gasteiger partial charge in [-0.1, -0.05) is 0 Å². The minimum Gasteiger partial charge on any atom is -0.396 e. The third kappa shape index (κ3) is 3.42. The third-order valence-electron chi connectivity index (χ3n) is 3.39. The van der Waals surface area contributed by atoms with E-state index in [0.29, 0.717) is 11.0 Å². The number of alkyl halides is 3. The first-order valence-electron chi connectivity index (χ1n) is 6.14. The lowest BCUT2D eigenvalue weighted by Gasteiger charge is -2.34. The fraction of sp³-hybridized carbons (Fsp3) is 0.538. The number of hydrogen-bond acceptors (Lipinski definition) is 2. The van der Waals surface area contributed by atoms with E-state index in [4.69, 9.17) is 0 Å². The van der Waals surface area contributed by atoms with E-state index >= 15 is 0 Å². The van der Waals surface area contributed by atoms with Crippen molar-refractivity contribution in [3.05, 3.63) is 28.2 Å². The summed E-state index contributed by atoms with van der Waals surface area (Å²) in [5.74, 6) is 0.197. The Morgan fingerprint density at radius 2 is 2.11 bits per heavy atom. The van der Waals surface area contributed by atoms with Crippen molar-refractivity contribution < 1.29 is 18.3 Å². The van der Waals surface area contributed by atoms with Gasteiger partial charge in [0, 0.05) is 24.2 Å². The number of hydrogen-bond donors (Lipinski definition) is 1. The van der Waals surface area contributed by atoms with Crippen molar-refractivity contribution in [2.45, 2.75) is 19.0 Å². The van der Waals surface area contributed by atoms with E-state index in [-0.39, 0.29) is 12.5 Å². The maximum Gasteiger partial charge on any atom is 0.416 e. The standard InChI is InChI=1S/C13H15BrF3NO/c14-11-6-10(13(15,16)17)3-4-12(11)18-5-1-2-9(7-18)8-19/h3-4,6,9,19H,1-2,5,7-8H2. The van der Waals surface area contributed by atoms with E-state index in [1.165, 1.54) is 6.07 Å². The van der Waals surface area contributed by atoms with Crippen LogP contribution in [0.15, 0.2) is 22.7 Å². The van der Waals surface area contributed by atoms with Crippen LogP contribution in [-0.2, 0) is 6.18 Å². The summed E-state index contributed by atoms with van der Waals surface area (Å²) < 4.78 is 38.2. The highest BCUT2D eigenvalue weighted by Crippen LogP contribution is 2.36. The molecule has 0 bridgehead atoms. The van der Waals surface area contributed by atoms with Crippen molar-refractivity contribution in [1.82, 2.24) is 0 Å². The minimum absolute atomic E-state index is 0.120. The van der Waals surface area contributed by atoms with Crippen LogP contribution in [-0.4, -0.2) is 24.8 Å². The number of benzene rings is 1. The number of rotatable bonds is 2. The number of nitrogens with zero attached hydrogens (tertiary/aromatic N) is 1. The van der Waals surface area contributed by atoms with Gasteiger partial charge in [-0.3, -0.25) is 0 Å². The molecule has 6 heteroatoms. The summed E-state index contributed by atoms with van der Waals surface area (Å²) >= 11 is 3.21. The largest absolute Gasteiger partial charge is 0.416 e. The second-order valence-electron chi connectivity index (χ2n) is 4.80. The zero-order chi connectivity index (χ0) is 14.0. The Morgan fingerprint density at radius 1 is 1.37 bits per heavy atom. The zero-order valence-electron chi connectivity index (χ0n) is 10.3. The molecule has 1 unspecified atom stereocenters. The van der Waals surface area contributed by atoms with Gasteiger partial charge in [0.1, 0.15) is 0 Å². The smallest absolute Gasteiger partial charge is 0.396 e. The molecule has 1 aromatic rings. The van der Waals surface area contributed by atoms with Crippen molar-refractivity contribution in [1.29, 1.82) is 0 Å². The van der Waals surface area contributed by atoms with Gasteiger partial charge in [-0.2, -0.15) is 13.2 Å². The molecule has 0 saturated carbocycles. The predicted octanol–water partition coefficient (Wildman–Crippen LogP) is 3.68. The first-order valence-corrected chi connectivity index (χ1v) is 6.93. The molecule has 106 valence electrons. The fourth-order valence-electron chi connectivity index (χ4n) is 2.37. The highest BCUT2D eigenvalue weighted by molar-refractivity contribution is 9.10. The van der Waals surface area contributed by atoms with Crippen LogP contribution in [0, 0.1) is 5.92 Å². The van der Waals surface area contributed by atoms with Crippen LogP contribution in [0.1, 0.15) is 18.4 Å². The van der Waals surface area contributed by atoms with Gasteiger partial charge >= 0.3 is 6.18 Å². The second-order valence-corrected chi connectivity index (χ2v) is 5.66. The Morgan fingerprint density at radius 3 is 2.68 bits per heavy atom. The van der Waals surface area contributed by atoms with Gasteiger partial charge in [-0.25, -0.2) is 0 Å². The van der Waals surface area contributed by atoms with Gasteiger partial charge < -0.3 is 10.0 Å². The molecule has 1 fully saturated rings. The van der Waals surface area contributed by atoms with Crippen molar-refractivity contribution in [2.24, 2.45) is 5.92 Å². The molecule has 0 aromatic heterocycles. The van der Waals surface area contributed by atoms with Crippen LogP contribution in [0.3, 0.4) is 0 Å². The van der Waals surface area contributed by atoms with Crippen LogP contribution >= 0.6 is 15.9 Å². The van der Waals surface area contributed by atoms with Gasteiger partial charge in [-0.15, -0.1) is 0 Å². The molecule has 1 heterocycles. The average Bonchev–Trinajstić information content (AvgIpc) is 2.37. The predicted molar refractivity (Wildman–Crippen MR) is 71.2 cm³/mol. The van der Waals surface area contributed by atoms with Crippen LogP contribution in [0.25, 0.3) is 0 Å². The Bertz CT molecular complexity index is 450. The number of aliphatic hydroxyl groups is 1. The van der Waals surface area contributed by atoms with Gasteiger partial charge in [0.15, 0.2) is 0 Å². The second kappa shape index (κ2) is 5.71. The molecule has 1 aromatic carbocycles. The molecular formula is C13H15BrF3NO. The monoisotopic (exact) mass is 337 g/mol. The fourth-order valence-corrected chi connectivity index (χ4v) is 3.00. The van der Waals surface area contributed by atoms with Gasteiger partial charge in [-0.05, 0) is 52.9 Å². The molecule has 1 aliphatic rings. The average molecular weight is 338 g/mol. The van der Waals surface area contributed by atoms with Crippen molar-refractivity contribution in [2.75, 3.05) is 24.6 Å². The summed E-state index contributed by atoms with van der Waals surface area (Å²) in [6.07, 6.45) is -2.42. The lowest BCUT2D eigenvalue weighted by molar-refractivity contribution is -0.137. The van der Waals surface area contributed by atoms with Crippen LogP contribution < -0.4 is 4.90 Å². The molecule has 0 amide bonds. The highest BCUT2D eigenvalue weighted by Gasteiger charge is 2.31. The first-order chi connectivity index (χ1) is 8.91. The zero-order valence-corrected chi connectivity index (χ0v) is 11.8. The molecule has 0 spiro atoms. The van der Waals surface area contributed by atoms with Gasteiger partial charge in [0.05, 0.1) is 11.3 Å². The summed E-state index contributed by atoms with van der Waals surface area (Å²) in [5.41, 5.74) is 0.102. The van der Waals surface area contributed by atoms with E-state index < -0.39 is 11.7 Å². The number of aliphatic hydroxyl groups excluding tert-OH is 1. The quantitative estimate of drug-likeness (QED) is 0.889. The molecule has 1 N–H and O–H groups in total. The molecule has 1 saturated heterocycles. The van der Waals surface area contributed by atoms with E-state index in [2.05, 4.69) is 15.9 Å². The summed E-state index contributed by atoms with van der Waals surface area (Å²) in [6, 6.07) is 3.70. The van der Waals surface area contributed by atoms with Crippen LogP contribution in [0.4, 0.5) is 18.9 Å². The molecule has 1 aliphatic heterocycles. The van der Waals surface area contributed by atoms with Crippen LogP contribution in [0.2, 0.25) is 0 Å². The molecule has 0 aliphatic carbocycles. The molecule has 0 radical (unpaired) electrons. The molecular weight excluding hydrogens is 323 g/mol. The van der Waals surface area contributed by atoms with Crippen molar-refractivity contribution in [3.8, 4) is 0 Å². The lowest BCUT2D eigenvalue weighted by Crippen LogP contribution is -2.37. The number of anilines is 1. The van der Waals surface area contributed by atoms with Crippen LogP contribution in [0.5, 0.6) is 0 Å². The molecule has 1 atom stereocenters. The van der Waals surface area contributed by atoms with E-state index in [0.717, 1.165) is 37.2 Å². The Kier molecular flexibility index (Phi) is 4.40. The van der Waals surface area contributed by atoms with E-state index in [9.17, 15) is 18.3 Å².